The Balaban J connectivity index is 2.65. The molecule has 0 aliphatic rings. The maximum Gasteiger partial charge on any atom is 0.209 e. The summed E-state index contributed by atoms with van der Waals surface area (Å²) in [7, 11) is -3.13. The third kappa shape index (κ3) is 4.00. The third-order valence-corrected chi connectivity index (χ3v) is 2.13. The predicted octanol–water partition coefficient (Wildman–Crippen LogP) is 0.439. The van der Waals surface area contributed by atoms with Gasteiger partial charge in [-0.15, -0.1) is 0 Å². The number of rotatable bonds is 3. The van der Waals surface area contributed by atoms with E-state index in [1.807, 2.05) is 19.1 Å². The summed E-state index contributed by atoms with van der Waals surface area (Å²) in [6.45, 7) is 2.12. The lowest BCUT2D eigenvalue weighted by atomic mass is 10.3. The maximum absolute atomic E-state index is 10.8. The lowest BCUT2D eigenvalue weighted by Crippen LogP contribution is -2.21. The van der Waals surface area contributed by atoms with Gasteiger partial charge in [0.15, 0.2) is 0 Å². The SMILES string of the molecule is Cc1cccc(CNS(C)(=O)=O)n1. The van der Waals surface area contributed by atoms with Gasteiger partial charge in [-0.05, 0) is 19.1 Å². The molecule has 0 aliphatic heterocycles. The van der Waals surface area contributed by atoms with Crippen LogP contribution < -0.4 is 4.72 Å². The highest BCUT2D eigenvalue weighted by atomic mass is 32.2. The van der Waals surface area contributed by atoms with Crippen LogP contribution in [0.4, 0.5) is 0 Å². The van der Waals surface area contributed by atoms with Crippen LogP contribution in [0.15, 0.2) is 18.2 Å². The molecule has 0 radical (unpaired) electrons. The van der Waals surface area contributed by atoms with E-state index in [4.69, 9.17) is 0 Å². The first kappa shape index (κ1) is 10.1. The molecule has 0 unspecified atom stereocenters. The molecule has 0 aliphatic carbocycles. The molecule has 0 saturated carbocycles. The first-order chi connectivity index (χ1) is 5.97. The Labute approximate surface area is 78.1 Å². The van der Waals surface area contributed by atoms with Gasteiger partial charge < -0.3 is 0 Å². The van der Waals surface area contributed by atoms with E-state index in [1.54, 1.807) is 6.07 Å². The number of aryl methyl sites for hydroxylation is 1. The van der Waals surface area contributed by atoms with Gasteiger partial charge in [0.2, 0.25) is 10.0 Å². The van der Waals surface area contributed by atoms with Gasteiger partial charge in [0.25, 0.3) is 0 Å². The highest BCUT2D eigenvalue weighted by molar-refractivity contribution is 7.88. The fraction of sp³-hybridized carbons (Fsp3) is 0.375. The predicted molar refractivity (Wildman–Crippen MR) is 50.7 cm³/mol. The van der Waals surface area contributed by atoms with Gasteiger partial charge in [0, 0.05) is 5.69 Å². The third-order valence-electron chi connectivity index (χ3n) is 1.46. The monoisotopic (exact) mass is 200 g/mol. The van der Waals surface area contributed by atoms with E-state index in [-0.39, 0.29) is 6.54 Å². The number of sulfonamides is 1. The van der Waals surface area contributed by atoms with Crippen molar-refractivity contribution in [2.75, 3.05) is 6.26 Å². The van der Waals surface area contributed by atoms with Crippen LogP contribution in [0, 0.1) is 6.92 Å². The number of aromatic nitrogens is 1. The quantitative estimate of drug-likeness (QED) is 0.770. The molecule has 1 N–H and O–H groups in total. The molecule has 1 aromatic heterocycles. The Morgan fingerprint density at radius 3 is 2.69 bits per heavy atom. The number of hydrogen-bond acceptors (Lipinski definition) is 3. The highest BCUT2D eigenvalue weighted by Crippen LogP contribution is 1.97. The largest absolute Gasteiger partial charge is 0.257 e. The fourth-order valence-electron chi connectivity index (χ4n) is 0.903. The summed E-state index contributed by atoms with van der Waals surface area (Å²) in [4.78, 5) is 4.15. The molecule has 0 aromatic carbocycles. The zero-order chi connectivity index (χ0) is 9.90. The molecule has 1 aromatic rings. The second-order valence-corrected chi connectivity index (χ2v) is 4.70. The number of nitrogens with one attached hydrogen (secondary N) is 1. The Hall–Kier alpha value is -0.940. The van der Waals surface area contributed by atoms with Crippen LogP contribution in [0.2, 0.25) is 0 Å². The summed E-state index contributed by atoms with van der Waals surface area (Å²) < 4.78 is 23.9. The molecule has 4 nitrogen and oxygen atoms in total. The lowest BCUT2D eigenvalue weighted by Gasteiger charge is -2.01. The van der Waals surface area contributed by atoms with Crippen LogP contribution in [-0.4, -0.2) is 19.7 Å². The molecule has 1 heterocycles. The van der Waals surface area contributed by atoms with Crippen molar-refractivity contribution in [3.63, 3.8) is 0 Å². The summed E-state index contributed by atoms with van der Waals surface area (Å²) in [5.74, 6) is 0. The van der Waals surface area contributed by atoms with Gasteiger partial charge in [0.05, 0.1) is 18.5 Å². The van der Waals surface area contributed by atoms with Crippen LogP contribution in [0.5, 0.6) is 0 Å². The van der Waals surface area contributed by atoms with Crippen LogP contribution >= 0.6 is 0 Å². The van der Waals surface area contributed by atoms with E-state index >= 15 is 0 Å². The molecule has 0 bridgehead atoms. The zero-order valence-corrected chi connectivity index (χ0v) is 8.43. The smallest absolute Gasteiger partial charge is 0.209 e. The molecule has 1 rings (SSSR count). The van der Waals surface area contributed by atoms with Gasteiger partial charge in [-0.1, -0.05) is 6.07 Å². The molecule has 0 saturated heterocycles. The summed E-state index contributed by atoms with van der Waals surface area (Å²) >= 11 is 0. The Morgan fingerprint density at radius 2 is 2.15 bits per heavy atom. The van der Waals surface area contributed by atoms with Crippen molar-refractivity contribution < 1.29 is 8.42 Å². The van der Waals surface area contributed by atoms with Crippen molar-refractivity contribution in [1.29, 1.82) is 0 Å². The van der Waals surface area contributed by atoms with Gasteiger partial charge in [-0.2, -0.15) is 0 Å². The minimum absolute atomic E-state index is 0.251. The Kier molecular flexibility index (Phi) is 3.00. The molecule has 0 fully saturated rings. The first-order valence-corrected chi connectivity index (χ1v) is 5.74. The highest BCUT2D eigenvalue weighted by Gasteiger charge is 2.01. The number of hydrogen-bond donors (Lipinski definition) is 1. The fourth-order valence-corrected chi connectivity index (χ4v) is 1.31. The minimum atomic E-state index is -3.13. The van der Waals surface area contributed by atoms with Crippen molar-refractivity contribution in [3.8, 4) is 0 Å². The van der Waals surface area contributed by atoms with Crippen LogP contribution in [-0.2, 0) is 16.6 Å². The van der Waals surface area contributed by atoms with E-state index in [1.165, 1.54) is 0 Å². The molecule has 5 heteroatoms. The van der Waals surface area contributed by atoms with Gasteiger partial charge in [-0.25, -0.2) is 13.1 Å². The van der Waals surface area contributed by atoms with Crippen LogP contribution in [0.1, 0.15) is 11.4 Å². The van der Waals surface area contributed by atoms with E-state index < -0.39 is 10.0 Å². The summed E-state index contributed by atoms with van der Waals surface area (Å²) in [5, 5.41) is 0. The number of nitrogens with zero attached hydrogens (tertiary/aromatic N) is 1. The average Bonchev–Trinajstić information content (AvgIpc) is 2.00. The lowest BCUT2D eigenvalue weighted by molar-refractivity contribution is 0.586. The van der Waals surface area contributed by atoms with Crippen molar-refractivity contribution in [1.82, 2.24) is 9.71 Å². The Bertz CT molecular complexity index is 387. The standard InChI is InChI=1S/C8H12N2O2S/c1-7-4-3-5-8(10-7)6-9-13(2,11)12/h3-5,9H,6H2,1-2H3. The summed E-state index contributed by atoms with van der Waals surface area (Å²) in [5.41, 5.74) is 1.61. The normalized spacial score (nSPS) is 11.5. The minimum Gasteiger partial charge on any atom is -0.257 e. The van der Waals surface area contributed by atoms with Gasteiger partial charge >= 0.3 is 0 Å². The van der Waals surface area contributed by atoms with E-state index in [9.17, 15) is 8.42 Å². The zero-order valence-electron chi connectivity index (χ0n) is 7.61. The van der Waals surface area contributed by atoms with Crippen molar-refractivity contribution >= 4 is 10.0 Å². The van der Waals surface area contributed by atoms with E-state index in [0.717, 1.165) is 17.6 Å². The summed E-state index contributed by atoms with van der Waals surface area (Å²) in [6, 6.07) is 5.50. The molecule has 13 heavy (non-hydrogen) atoms. The van der Waals surface area contributed by atoms with Gasteiger partial charge in [0.1, 0.15) is 0 Å². The van der Waals surface area contributed by atoms with E-state index in [2.05, 4.69) is 9.71 Å². The molecule has 0 atom stereocenters. The van der Waals surface area contributed by atoms with Crippen molar-refractivity contribution in [2.45, 2.75) is 13.5 Å². The summed E-state index contributed by atoms with van der Waals surface area (Å²) in [6.07, 6.45) is 1.13. The maximum atomic E-state index is 10.8. The van der Waals surface area contributed by atoms with E-state index in [0.29, 0.717) is 0 Å². The van der Waals surface area contributed by atoms with Gasteiger partial charge in [-0.3, -0.25) is 4.98 Å². The molecule has 0 amide bonds. The second kappa shape index (κ2) is 3.85. The van der Waals surface area contributed by atoms with Crippen molar-refractivity contribution in [2.24, 2.45) is 0 Å². The average molecular weight is 200 g/mol. The number of pyridine rings is 1. The molecule has 72 valence electrons. The van der Waals surface area contributed by atoms with Crippen LogP contribution in [0.3, 0.4) is 0 Å². The van der Waals surface area contributed by atoms with Crippen LogP contribution in [0.25, 0.3) is 0 Å². The molecular formula is C8H12N2O2S. The molecular weight excluding hydrogens is 188 g/mol. The molecule has 0 spiro atoms. The Morgan fingerprint density at radius 1 is 1.46 bits per heavy atom. The van der Waals surface area contributed by atoms with Crippen molar-refractivity contribution in [3.05, 3.63) is 29.6 Å². The first-order valence-electron chi connectivity index (χ1n) is 3.84. The topological polar surface area (TPSA) is 59.1 Å². The second-order valence-electron chi connectivity index (χ2n) is 2.86.